The zero-order chi connectivity index (χ0) is 24.1. The maximum atomic E-state index is 13.5. The molecule has 0 aliphatic carbocycles. The third kappa shape index (κ3) is 5.65. The first kappa shape index (κ1) is 24.0. The molecule has 0 saturated carbocycles. The van der Waals surface area contributed by atoms with Gasteiger partial charge in [-0.2, -0.15) is 0 Å². The molecule has 3 aromatic rings. The molecule has 0 fully saturated rings. The Labute approximate surface area is 206 Å². The van der Waals surface area contributed by atoms with E-state index in [0.717, 1.165) is 29.2 Å². The second kappa shape index (κ2) is 10.8. The van der Waals surface area contributed by atoms with Gasteiger partial charge in [0.25, 0.3) is 5.91 Å². The summed E-state index contributed by atoms with van der Waals surface area (Å²) >= 11 is 6.03. The Morgan fingerprint density at radius 1 is 0.971 bits per heavy atom. The van der Waals surface area contributed by atoms with Crippen LogP contribution in [0, 0.1) is 0 Å². The van der Waals surface area contributed by atoms with Gasteiger partial charge in [0, 0.05) is 17.1 Å². The van der Waals surface area contributed by atoms with Gasteiger partial charge in [0.2, 0.25) is 0 Å². The Hall–Kier alpha value is -3.18. The maximum Gasteiger partial charge on any atom is 0.254 e. The summed E-state index contributed by atoms with van der Waals surface area (Å²) < 4.78 is 17.6. The molecule has 0 N–H and O–H groups in total. The Morgan fingerprint density at radius 2 is 1.62 bits per heavy atom. The molecule has 3 aromatic carbocycles. The van der Waals surface area contributed by atoms with E-state index in [2.05, 4.69) is 12.1 Å². The SMILES string of the molecule is CCOc1ccc(OCC2c3ccc(OC(C)C)cc3CCN2C(=O)c2ccc(Cl)cc2)cc1. The average Bonchev–Trinajstić information content (AvgIpc) is 2.83. The molecule has 0 saturated heterocycles. The standard InChI is InChI=1S/C28H30ClNO4/c1-4-32-23-9-11-24(12-10-23)33-18-27-26-14-13-25(34-19(2)3)17-21(26)15-16-30(27)28(31)20-5-7-22(29)8-6-20/h5-14,17,19,27H,4,15-16,18H2,1-3H3. The fourth-order valence-electron chi connectivity index (χ4n) is 4.19. The van der Waals surface area contributed by atoms with Crippen LogP contribution in [0.5, 0.6) is 17.2 Å². The van der Waals surface area contributed by atoms with Crippen LogP contribution in [0.2, 0.25) is 5.02 Å². The van der Waals surface area contributed by atoms with Crippen molar-refractivity contribution >= 4 is 17.5 Å². The van der Waals surface area contributed by atoms with E-state index >= 15 is 0 Å². The number of nitrogens with zero attached hydrogens (tertiary/aromatic N) is 1. The number of hydrogen-bond acceptors (Lipinski definition) is 4. The monoisotopic (exact) mass is 479 g/mol. The molecule has 1 aliphatic rings. The Bertz CT molecular complexity index is 1110. The first-order valence-corrected chi connectivity index (χ1v) is 12.0. The molecule has 34 heavy (non-hydrogen) atoms. The normalized spacial score (nSPS) is 15.1. The van der Waals surface area contributed by atoms with Gasteiger partial charge in [-0.05, 0) is 99.0 Å². The van der Waals surface area contributed by atoms with Crippen LogP contribution in [-0.4, -0.2) is 36.7 Å². The number of halogens is 1. The van der Waals surface area contributed by atoms with Crippen molar-refractivity contribution < 1.29 is 19.0 Å². The second-order valence-electron chi connectivity index (χ2n) is 8.51. The summed E-state index contributed by atoms with van der Waals surface area (Å²) in [6.07, 6.45) is 0.854. The van der Waals surface area contributed by atoms with Crippen LogP contribution in [0.3, 0.4) is 0 Å². The summed E-state index contributed by atoms with van der Waals surface area (Å²) in [6, 6.07) is 20.5. The van der Waals surface area contributed by atoms with Gasteiger partial charge in [-0.1, -0.05) is 17.7 Å². The molecule has 0 bridgehead atoms. The molecule has 1 heterocycles. The molecule has 1 amide bonds. The highest BCUT2D eigenvalue weighted by Gasteiger charge is 2.32. The molecule has 1 unspecified atom stereocenters. The molecule has 0 aromatic heterocycles. The molecule has 6 heteroatoms. The summed E-state index contributed by atoms with van der Waals surface area (Å²) in [4.78, 5) is 15.3. The minimum Gasteiger partial charge on any atom is -0.494 e. The first-order valence-electron chi connectivity index (χ1n) is 11.7. The molecule has 1 aliphatic heterocycles. The van der Waals surface area contributed by atoms with Gasteiger partial charge in [-0.25, -0.2) is 0 Å². The lowest BCUT2D eigenvalue weighted by molar-refractivity contribution is 0.0589. The Balaban J connectivity index is 1.60. The van der Waals surface area contributed by atoms with E-state index < -0.39 is 0 Å². The molecule has 0 radical (unpaired) electrons. The van der Waals surface area contributed by atoms with E-state index in [-0.39, 0.29) is 18.1 Å². The van der Waals surface area contributed by atoms with Crippen molar-refractivity contribution in [1.29, 1.82) is 0 Å². The smallest absolute Gasteiger partial charge is 0.254 e. The van der Waals surface area contributed by atoms with E-state index in [1.54, 1.807) is 24.3 Å². The molecular formula is C28H30ClNO4. The van der Waals surface area contributed by atoms with E-state index in [9.17, 15) is 4.79 Å². The second-order valence-corrected chi connectivity index (χ2v) is 8.95. The maximum absolute atomic E-state index is 13.5. The highest BCUT2D eigenvalue weighted by molar-refractivity contribution is 6.30. The minimum atomic E-state index is -0.230. The predicted octanol–water partition coefficient (Wildman–Crippen LogP) is 6.34. The molecule has 1 atom stereocenters. The lowest BCUT2D eigenvalue weighted by Gasteiger charge is -2.37. The van der Waals surface area contributed by atoms with Crippen molar-refractivity contribution in [3.63, 3.8) is 0 Å². The lowest BCUT2D eigenvalue weighted by atomic mass is 9.92. The highest BCUT2D eigenvalue weighted by atomic mass is 35.5. The summed E-state index contributed by atoms with van der Waals surface area (Å²) in [7, 11) is 0. The van der Waals surface area contributed by atoms with Gasteiger partial charge in [-0.15, -0.1) is 0 Å². The fraction of sp³-hybridized carbons (Fsp3) is 0.321. The van der Waals surface area contributed by atoms with Gasteiger partial charge in [-0.3, -0.25) is 4.79 Å². The number of rotatable bonds is 8. The lowest BCUT2D eigenvalue weighted by Crippen LogP contribution is -2.42. The minimum absolute atomic E-state index is 0.0369. The number of carbonyl (C=O) groups excluding carboxylic acids is 1. The summed E-state index contributed by atoms with van der Waals surface area (Å²) in [5, 5.41) is 0.605. The van der Waals surface area contributed by atoms with Crippen molar-refractivity contribution in [2.45, 2.75) is 39.3 Å². The largest absolute Gasteiger partial charge is 0.494 e. The van der Waals surface area contributed by atoms with Gasteiger partial charge in [0.15, 0.2) is 0 Å². The van der Waals surface area contributed by atoms with Crippen molar-refractivity contribution in [3.05, 3.63) is 88.4 Å². The number of benzene rings is 3. The van der Waals surface area contributed by atoms with Crippen LogP contribution in [-0.2, 0) is 6.42 Å². The predicted molar refractivity (Wildman–Crippen MR) is 134 cm³/mol. The van der Waals surface area contributed by atoms with E-state index in [4.69, 9.17) is 25.8 Å². The third-order valence-corrected chi connectivity index (χ3v) is 5.99. The van der Waals surface area contributed by atoms with Crippen LogP contribution in [0.15, 0.2) is 66.7 Å². The van der Waals surface area contributed by atoms with Crippen molar-refractivity contribution in [3.8, 4) is 17.2 Å². The number of fused-ring (bicyclic) bond motifs is 1. The van der Waals surface area contributed by atoms with Gasteiger partial charge in [0.05, 0.1) is 18.8 Å². The van der Waals surface area contributed by atoms with Crippen LogP contribution in [0.4, 0.5) is 0 Å². The Morgan fingerprint density at radius 3 is 2.26 bits per heavy atom. The number of hydrogen-bond donors (Lipinski definition) is 0. The number of ether oxygens (including phenoxy) is 3. The molecule has 4 rings (SSSR count). The number of amides is 1. The summed E-state index contributed by atoms with van der Waals surface area (Å²) in [6.45, 7) is 7.53. The van der Waals surface area contributed by atoms with E-state index in [1.165, 1.54) is 5.56 Å². The quantitative estimate of drug-likeness (QED) is 0.378. The number of carbonyl (C=O) groups is 1. The van der Waals surface area contributed by atoms with Crippen LogP contribution < -0.4 is 14.2 Å². The summed E-state index contributed by atoms with van der Waals surface area (Å²) in [5.74, 6) is 2.34. The van der Waals surface area contributed by atoms with Gasteiger partial charge < -0.3 is 19.1 Å². The molecule has 0 spiro atoms. The van der Waals surface area contributed by atoms with Crippen molar-refractivity contribution in [2.75, 3.05) is 19.8 Å². The molecular weight excluding hydrogens is 450 g/mol. The summed E-state index contributed by atoms with van der Waals surface area (Å²) in [5.41, 5.74) is 2.87. The van der Waals surface area contributed by atoms with Crippen molar-refractivity contribution in [1.82, 2.24) is 4.90 Å². The Kier molecular flexibility index (Phi) is 7.63. The fourth-order valence-corrected chi connectivity index (χ4v) is 4.31. The van der Waals surface area contributed by atoms with Gasteiger partial charge >= 0.3 is 0 Å². The van der Waals surface area contributed by atoms with Crippen LogP contribution >= 0.6 is 11.6 Å². The van der Waals surface area contributed by atoms with Crippen LogP contribution in [0.1, 0.15) is 48.3 Å². The van der Waals surface area contributed by atoms with E-state index in [1.807, 2.05) is 56.0 Å². The molecule has 178 valence electrons. The highest BCUT2D eigenvalue weighted by Crippen LogP contribution is 2.34. The van der Waals surface area contributed by atoms with Crippen LogP contribution in [0.25, 0.3) is 0 Å². The third-order valence-electron chi connectivity index (χ3n) is 5.74. The molecule has 5 nitrogen and oxygen atoms in total. The first-order chi connectivity index (χ1) is 16.4. The van der Waals surface area contributed by atoms with Crippen molar-refractivity contribution in [2.24, 2.45) is 0 Å². The zero-order valence-electron chi connectivity index (χ0n) is 19.8. The average molecular weight is 480 g/mol. The zero-order valence-corrected chi connectivity index (χ0v) is 20.5. The van der Waals surface area contributed by atoms with E-state index in [0.29, 0.717) is 30.3 Å². The van der Waals surface area contributed by atoms with Gasteiger partial charge in [0.1, 0.15) is 23.9 Å². The topological polar surface area (TPSA) is 48.0 Å².